The molecule has 2 unspecified atom stereocenters. The van der Waals surface area contributed by atoms with Crippen molar-refractivity contribution >= 4 is 11.8 Å². The van der Waals surface area contributed by atoms with Gasteiger partial charge in [0.05, 0.1) is 5.41 Å². The van der Waals surface area contributed by atoms with Crippen molar-refractivity contribution in [1.29, 1.82) is 0 Å². The first-order valence-electron chi connectivity index (χ1n) is 8.30. The van der Waals surface area contributed by atoms with Crippen molar-refractivity contribution < 1.29 is 14.7 Å². The number of aryl methyl sites for hydroxylation is 3. The van der Waals surface area contributed by atoms with Gasteiger partial charge >= 0.3 is 5.97 Å². The number of hydrogen-bond donors (Lipinski definition) is 1. The summed E-state index contributed by atoms with van der Waals surface area (Å²) in [4.78, 5) is 25.3. The van der Waals surface area contributed by atoms with Crippen molar-refractivity contribution in [2.45, 2.75) is 55.4 Å². The summed E-state index contributed by atoms with van der Waals surface area (Å²) in [7, 11) is 0. The summed E-state index contributed by atoms with van der Waals surface area (Å²) in [6, 6.07) is 3.98. The van der Waals surface area contributed by atoms with Crippen LogP contribution in [-0.4, -0.2) is 16.9 Å². The number of aliphatic carboxylic acids is 1. The fourth-order valence-electron chi connectivity index (χ4n) is 3.73. The molecule has 0 fully saturated rings. The van der Waals surface area contributed by atoms with Gasteiger partial charge in [-0.15, -0.1) is 0 Å². The van der Waals surface area contributed by atoms with Crippen molar-refractivity contribution in [2.24, 2.45) is 23.2 Å². The predicted octanol–water partition coefficient (Wildman–Crippen LogP) is 4.81. The van der Waals surface area contributed by atoms with Crippen molar-refractivity contribution in [3.8, 4) is 0 Å². The first kappa shape index (κ1) is 19.4. The molecule has 2 atom stereocenters. The molecule has 1 rings (SSSR count). The summed E-state index contributed by atoms with van der Waals surface area (Å²) in [5.41, 5.74) is 2.56. The van der Waals surface area contributed by atoms with E-state index in [1.165, 1.54) is 0 Å². The molecule has 0 spiro atoms. The van der Waals surface area contributed by atoms with Crippen molar-refractivity contribution in [2.75, 3.05) is 0 Å². The molecule has 0 radical (unpaired) electrons. The smallest absolute Gasteiger partial charge is 0.310 e. The first-order valence-corrected chi connectivity index (χ1v) is 8.30. The highest BCUT2D eigenvalue weighted by atomic mass is 16.4. The van der Waals surface area contributed by atoms with Crippen LogP contribution in [0.15, 0.2) is 12.1 Å². The highest BCUT2D eigenvalue weighted by Gasteiger charge is 2.49. The van der Waals surface area contributed by atoms with E-state index in [0.29, 0.717) is 5.56 Å². The molecular formula is C20H30O3. The highest BCUT2D eigenvalue weighted by Crippen LogP contribution is 2.42. The molecule has 128 valence electrons. The van der Waals surface area contributed by atoms with Gasteiger partial charge in [0.2, 0.25) is 0 Å². The van der Waals surface area contributed by atoms with E-state index < -0.39 is 17.3 Å². The van der Waals surface area contributed by atoms with Crippen LogP contribution in [0.1, 0.15) is 61.7 Å². The van der Waals surface area contributed by atoms with Gasteiger partial charge in [-0.2, -0.15) is 0 Å². The van der Waals surface area contributed by atoms with E-state index in [-0.39, 0.29) is 17.6 Å². The zero-order chi connectivity index (χ0) is 18.1. The fraction of sp³-hybridized carbons (Fsp3) is 0.600. The number of carbonyl (C=O) groups excluding carboxylic acids is 1. The number of benzene rings is 1. The van der Waals surface area contributed by atoms with E-state index in [4.69, 9.17) is 0 Å². The van der Waals surface area contributed by atoms with Crippen LogP contribution in [0.3, 0.4) is 0 Å². The third kappa shape index (κ3) is 3.49. The molecule has 1 aromatic rings. The standard InChI is InChI=1S/C20H30O3/c1-11(2)17(20(8,12(3)4)19(22)23)18(21)16-14(6)9-13(5)10-15(16)7/h9-12,17H,1-8H3,(H,22,23). The third-order valence-electron chi connectivity index (χ3n) is 5.18. The lowest BCUT2D eigenvalue weighted by molar-refractivity contribution is -0.154. The largest absolute Gasteiger partial charge is 0.481 e. The van der Waals surface area contributed by atoms with Crippen LogP contribution in [0.4, 0.5) is 0 Å². The Morgan fingerprint density at radius 3 is 1.74 bits per heavy atom. The van der Waals surface area contributed by atoms with Crippen LogP contribution in [-0.2, 0) is 4.79 Å². The Labute approximate surface area is 140 Å². The Morgan fingerprint density at radius 1 is 1.00 bits per heavy atom. The second-order valence-electron chi connectivity index (χ2n) is 7.60. The number of carboxylic acid groups (broad SMARTS) is 1. The zero-order valence-corrected chi connectivity index (χ0v) is 15.7. The quantitative estimate of drug-likeness (QED) is 0.765. The summed E-state index contributed by atoms with van der Waals surface area (Å²) in [5.74, 6) is -1.69. The molecule has 3 heteroatoms. The zero-order valence-electron chi connectivity index (χ0n) is 15.7. The highest BCUT2D eigenvalue weighted by molar-refractivity contribution is 6.03. The van der Waals surface area contributed by atoms with Crippen LogP contribution in [0.2, 0.25) is 0 Å². The molecule has 1 N–H and O–H groups in total. The number of hydrogen-bond acceptors (Lipinski definition) is 2. The fourth-order valence-corrected chi connectivity index (χ4v) is 3.73. The van der Waals surface area contributed by atoms with Crippen LogP contribution >= 0.6 is 0 Å². The maximum Gasteiger partial charge on any atom is 0.310 e. The van der Waals surface area contributed by atoms with Gasteiger partial charge in [0.15, 0.2) is 5.78 Å². The molecule has 0 saturated carbocycles. The van der Waals surface area contributed by atoms with E-state index in [9.17, 15) is 14.7 Å². The summed E-state index contributed by atoms with van der Waals surface area (Å²) >= 11 is 0. The minimum Gasteiger partial charge on any atom is -0.481 e. The summed E-state index contributed by atoms with van der Waals surface area (Å²) < 4.78 is 0. The number of carboxylic acids is 1. The second kappa shape index (κ2) is 6.86. The van der Waals surface area contributed by atoms with Crippen LogP contribution < -0.4 is 0 Å². The lowest BCUT2D eigenvalue weighted by atomic mass is 9.62. The predicted molar refractivity (Wildman–Crippen MR) is 93.9 cm³/mol. The van der Waals surface area contributed by atoms with Gasteiger partial charge in [-0.1, -0.05) is 45.4 Å². The van der Waals surface area contributed by atoms with Gasteiger partial charge in [0.25, 0.3) is 0 Å². The number of carbonyl (C=O) groups is 2. The molecule has 0 aromatic heterocycles. The third-order valence-corrected chi connectivity index (χ3v) is 5.18. The second-order valence-corrected chi connectivity index (χ2v) is 7.60. The molecule has 0 aliphatic rings. The molecule has 0 heterocycles. The Kier molecular flexibility index (Phi) is 5.79. The summed E-state index contributed by atoms with van der Waals surface area (Å²) in [6.45, 7) is 15.2. The van der Waals surface area contributed by atoms with Crippen LogP contribution in [0, 0.1) is 43.9 Å². The van der Waals surface area contributed by atoms with E-state index in [1.54, 1.807) is 6.92 Å². The van der Waals surface area contributed by atoms with E-state index >= 15 is 0 Å². The normalized spacial score (nSPS) is 15.6. The number of ketones is 1. The molecule has 0 aliphatic carbocycles. The van der Waals surface area contributed by atoms with E-state index in [2.05, 4.69) is 0 Å². The lowest BCUT2D eigenvalue weighted by Crippen LogP contribution is -2.47. The van der Waals surface area contributed by atoms with Gasteiger partial charge in [-0.25, -0.2) is 0 Å². The lowest BCUT2D eigenvalue weighted by Gasteiger charge is -2.39. The molecular weight excluding hydrogens is 288 g/mol. The topological polar surface area (TPSA) is 54.4 Å². The number of rotatable bonds is 6. The first-order chi connectivity index (χ1) is 10.4. The Hall–Kier alpha value is -1.64. The Balaban J connectivity index is 3.54. The molecule has 3 nitrogen and oxygen atoms in total. The molecule has 0 aliphatic heterocycles. The monoisotopic (exact) mass is 318 g/mol. The van der Waals surface area contributed by atoms with Crippen LogP contribution in [0.25, 0.3) is 0 Å². The molecule has 0 amide bonds. The van der Waals surface area contributed by atoms with Gasteiger partial charge in [0.1, 0.15) is 0 Å². The van der Waals surface area contributed by atoms with E-state index in [1.807, 2.05) is 60.6 Å². The minimum atomic E-state index is -1.09. The van der Waals surface area contributed by atoms with Gasteiger partial charge < -0.3 is 5.11 Å². The molecule has 1 aromatic carbocycles. The number of Topliss-reactive ketones (excluding diaryl/α,β-unsaturated/α-hetero) is 1. The van der Waals surface area contributed by atoms with Gasteiger partial charge in [-0.05, 0) is 50.7 Å². The molecule has 0 saturated heterocycles. The maximum atomic E-state index is 13.3. The van der Waals surface area contributed by atoms with Gasteiger partial charge in [0, 0.05) is 11.5 Å². The van der Waals surface area contributed by atoms with Crippen molar-refractivity contribution in [3.05, 3.63) is 34.4 Å². The van der Waals surface area contributed by atoms with Crippen LogP contribution in [0.5, 0.6) is 0 Å². The minimum absolute atomic E-state index is 0.0476. The summed E-state index contributed by atoms with van der Waals surface area (Å²) in [5, 5.41) is 9.85. The Bertz CT molecular complexity index is 590. The summed E-state index contributed by atoms with van der Waals surface area (Å²) in [6.07, 6.45) is 0. The Morgan fingerprint density at radius 2 is 1.43 bits per heavy atom. The average molecular weight is 318 g/mol. The SMILES string of the molecule is Cc1cc(C)c(C(=O)C(C(C)C)C(C)(C(=O)O)C(C)C)c(C)c1. The van der Waals surface area contributed by atoms with E-state index in [0.717, 1.165) is 16.7 Å². The van der Waals surface area contributed by atoms with Crippen molar-refractivity contribution in [1.82, 2.24) is 0 Å². The molecule has 0 bridgehead atoms. The average Bonchev–Trinajstić information content (AvgIpc) is 2.36. The van der Waals surface area contributed by atoms with Crippen molar-refractivity contribution in [3.63, 3.8) is 0 Å². The maximum absolute atomic E-state index is 13.3. The molecule has 23 heavy (non-hydrogen) atoms. The van der Waals surface area contributed by atoms with Gasteiger partial charge in [-0.3, -0.25) is 9.59 Å².